The molecule has 0 rings (SSSR count). The molecule has 0 unspecified atom stereocenters. The molecular formula is C17H24F6O5. The number of ether oxygens (including phenoxy) is 2. The molecule has 0 heterocycles. The summed E-state index contributed by atoms with van der Waals surface area (Å²) in [5.41, 5.74) is -2.10. The maximum Gasteiger partial charge on any atom is 0.434 e. The van der Waals surface area contributed by atoms with E-state index in [1.807, 2.05) is 0 Å². The Morgan fingerprint density at radius 3 is 1.75 bits per heavy atom. The van der Waals surface area contributed by atoms with Gasteiger partial charge in [0.1, 0.15) is 5.60 Å². The van der Waals surface area contributed by atoms with Gasteiger partial charge in [-0.1, -0.05) is 20.4 Å². The number of carbonyl (C=O) groups is 2. The highest BCUT2D eigenvalue weighted by molar-refractivity contribution is 5.90. The Bertz CT molecular complexity index is 560. The summed E-state index contributed by atoms with van der Waals surface area (Å²) in [7, 11) is 0. The molecule has 0 aromatic rings. The van der Waals surface area contributed by atoms with Crippen LogP contribution in [0.3, 0.4) is 0 Å². The van der Waals surface area contributed by atoms with Crippen LogP contribution in [0.15, 0.2) is 12.2 Å². The first kappa shape index (κ1) is 26.2. The van der Waals surface area contributed by atoms with E-state index in [4.69, 9.17) is 4.74 Å². The number of alkyl halides is 6. The summed E-state index contributed by atoms with van der Waals surface area (Å²) in [5.74, 6) is -4.76. The van der Waals surface area contributed by atoms with Gasteiger partial charge in [-0.05, 0) is 33.1 Å². The molecule has 0 radical (unpaired) electrons. The number of aliphatic hydroxyl groups excluding tert-OH is 1. The van der Waals surface area contributed by atoms with E-state index in [9.17, 15) is 41.0 Å². The molecule has 0 fully saturated rings. The fourth-order valence-corrected chi connectivity index (χ4v) is 2.10. The molecule has 0 saturated heterocycles. The summed E-state index contributed by atoms with van der Waals surface area (Å²) >= 11 is 0. The zero-order valence-electron chi connectivity index (χ0n) is 16.1. The maximum atomic E-state index is 12.5. The molecule has 0 aliphatic rings. The Morgan fingerprint density at radius 2 is 1.43 bits per heavy atom. The lowest BCUT2D eigenvalue weighted by atomic mass is 9.88. The highest BCUT2D eigenvalue weighted by Gasteiger charge is 2.60. The number of halogens is 6. The van der Waals surface area contributed by atoms with Gasteiger partial charge in [0.25, 0.3) is 6.10 Å². The first-order valence-corrected chi connectivity index (χ1v) is 8.21. The molecule has 164 valence electrons. The first-order valence-electron chi connectivity index (χ1n) is 8.21. The van der Waals surface area contributed by atoms with Crippen LogP contribution in [-0.2, 0) is 19.1 Å². The fraction of sp³-hybridized carbons (Fsp3) is 0.765. The molecule has 0 amide bonds. The lowest BCUT2D eigenvalue weighted by Crippen LogP contribution is -2.46. The lowest BCUT2D eigenvalue weighted by molar-refractivity contribution is -0.312. The van der Waals surface area contributed by atoms with Gasteiger partial charge in [0, 0.05) is 0 Å². The van der Waals surface area contributed by atoms with Gasteiger partial charge in [-0.15, -0.1) is 0 Å². The predicted molar refractivity (Wildman–Crippen MR) is 85.9 cm³/mol. The number of carbonyl (C=O) groups excluding carboxylic acids is 2. The average molecular weight is 422 g/mol. The molecule has 0 aromatic heterocycles. The van der Waals surface area contributed by atoms with Crippen molar-refractivity contribution < 1.29 is 50.5 Å². The number of aliphatic hydroxyl groups is 1. The number of esters is 2. The van der Waals surface area contributed by atoms with Gasteiger partial charge < -0.3 is 14.6 Å². The van der Waals surface area contributed by atoms with Crippen LogP contribution in [0, 0.1) is 11.8 Å². The van der Waals surface area contributed by atoms with Crippen LogP contribution >= 0.6 is 0 Å². The van der Waals surface area contributed by atoms with Gasteiger partial charge >= 0.3 is 24.3 Å². The van der Waals surface area contributed by atoms with Gasteiger partial charge in [0.2, 0.25) is 0 Å². The highest BCUT2D eigenvalue weighted by Crippen LogP contribution is 2.36. The minimum absolute atomic E-state index is 0.0651. The van der Waals surface area contributed by atoms with Crippen molar-refractivity contribution in [2.45, 2.75) is 71.2 Å². The van der Waals surface area contributed by atoms with Crippen molar-refractivity contribution in [1.29, 1.82) is 0 Å². The van der Waals surface area contributed by atoms with E-state index in [1.54, 1.807) is 13.8 Å². The summed E-state index contributed by atoms with van der Waals surface area (Å²) in [6.45, 7) is 10.9. The Morgan fingerprint density at radius 1 is 1.00 bits per heavy atom. The van der Waals surface area contributed by atoms with Crippen LogP contribution in [0.5, 0.6) is 0 Å². The highest BCUT2D eigenvalue weighted by atomic mass is 19.4. The molecule has 11 heteroatoms. The summed E-state index contributed by atoms with van der Waals surface area (Å²) < 4.78 is 83.7. The van der Waals surface area contributed by atoms with Crippen LogP contribution in [-0.4, -0.2) is 47.2 Å². The van der Waals surface area contributed by atoms with Crippen molar-refractivity contribution in [2.75, 3.05) is 0 Å². The van der Waals surface area contributed by atoms with Crippen molar-refractivity contribution in [3.63, 3.8) is 0 Å². The molecule has 0 aromatic carbocycles. The van der Waals surface area contributed by atoms with Crippen molar-refractivity contribution >= 4 is 11.9 Å². The van der Waals surface area contributed by atoms with E-state index >= 15 is 0 Å². The molecule has 0 spiro atoms. The van der Waals surface area contributed by atoms with E-state index in [2.05, 4.69) is 11.3 Å². The molecule has 0 bridgehead atoms. The quantitative estimate of drug-likeness (QED) is 0.382. The fourth-order valence-electron chi connectivity index (χ4n) is 2.10. The van der Waals surface area contributed by atoms with Crippen LogP contribution in [0.1, 0.15) is 41.0 Å². The minimum atomic E-state index is -5.92. The molecule has 2 atom stereocenters. The van der Waals surface area contributed by atoms with Crippen LogP contribution in [0.2, 0.25) is 0 Å². The second-order valence-corrected chi connectivity index (χ2v) is 7.61. The Balaban J connectivity index is 5.53. The second-order valence-electron chi connectivity index (χ2n) is 7.61. The van der Waals surface area contributed by atoms with Crippen molar-refractivity contribution in [3.8, 4) is 0 Å². The van der Waals surface area contributed by atoms with E-state index in [0.29, 0.717) is 0 Å². The monoisotopic (exact) mass is 422 g/mol. The zero-order valence-corrected chi connectivity index (χ0v) is 16.1. The van der Waals surface area contributed by atoms with Crippen molar-refractivity contribution in [2.24, 2.45) is 11.8 Å². The summed E-state index contributed by atoms with van der Waals surface area (Å²) in [4.78, 5) is 24.0. The third-order valence-corrected chi connectivity index (χ3v) is 3.25. The lowest BCUT2D eigenvalue weighted by Gasteiger charge is -2.29. The van der Waals surface area contributed by atoms with Gasteiger partial charge in [-0.2, -0.15) is 26.3 Å². The largest absolute Gasteiger partial charge is 0.460 e. The molecule has 5 nitrogen and oxygen atoms in total. The second kappa shape index (κ2) is 9.15. The zero-order chi connectivity index (χ0) is 22.7. The minimum Gasteiger partial charge on any atom is -0.460 e. The van der Waals surface area contributed by atoms with Crippen molar-refractivity contribution in [3.05, 3.63) is 12.2 Å². The van der Waals surface area contributed by atoms with Gasteiger partial charge in [-0.25, -0.2) is 4.79 Å². The van der Waals surface area contributed by atoms with Crippen LogP contribution < -0.4 is 0 Å². The molecule has 0 aliphatic heterocycles. The van der Waals surface area contributed by atoms with Crippen LogP contribution in [0.4, 0.5) is 26.3 Å². The third-order valence-electron chi connectivity index (χ3n) is 3.25. The number of hydrogen-bond acceptors (Lipinski definition) is 5. The third kappa shape index (κ3) is 8.49. The average Bonchev–Trinajstić information content (AvgIpc) is 2.44. The molecule has 0 saturated carbocycles. The Hall–Kier alpha value is -1.78. The molecule has 0 aliphatic carbocycles. The predicted octanol–water partition coefficient (Wildman–Crippen LogP) is 3.94. The SMILES string of the molecule is C=C(C(=O)OC(C(F)(F)F)C(F)(F)F)[C@@H](O)[C@@H](CC(C)C)C(=O)OC(C)(C)C. The summed E-state index contributed by atoms with van der Waals surface area (Å²) in [5, 5.41) is 10.2. The summed E-state index contributed by atoms with van der Waals surface area (Å²) in [6, 6.07) is 0. The van der Waals surface area contributed by atoms with E-state index in [-0.39, 0.29) is 12.3 Å². The van der Waals surface area contributed by atoms with Crippen molar-refractivity contribution in [1.82, 2.24) is 0 Å². The number of hydrogen-bond donors (Lipinski definition) is 1. The normalized spacial score (nSPS) is 15.4. The smallest absolute Gasteiger partial charge is 0.434 e. The molecule has 28 heavy (non-hydrogen) atoms. The Labute approximate surface area is 158 Å². The van der Waals surface area contributed by atoms with Crippen LogP contribution in [0.25, 0.3) is 0 Å². The Kier molecular flexibility index (Phi) is 8.56. The summed E-state index contributed by atoms with van der Waals surface area (Å²) in [6.07, 6.45) is -18.4. The topological polar surface area (TPSA) is 72.8 Å². The molecular weight excluding hydrogens is 398 g/mol. The van der Waals surface area contributed by atoms with Gasteiger partial charge in [-0.3, -0.25) is 4.79 Å². The number of rotatable bonds is 7. The molecule has 1 N–H and O–H groups in total. The van der Waals surface area contributed by atoms with E-state index < -0.39 is 53.6 Å². The van der Waals surface area contributed by atoms with Gasteiger partial charge in [0.15, 0.2) is 0 Å². The van der Waals surface area contributed by atoms with E-state index in [0.717, 1.165) is 0 Å². The van der Waals surface area contributed by atoms with Gasteiger partial charge in [0.05, 0.1) is 17.6 Å². The van der Waals surface area contributed by atoms with E-state index in [1.165, 1.54) is 20.8 Å². The first-order chi connectivity index (χ1) is 12.3. The maximum absolute atomic E-state index is 12.5. The standard InChI is InChI=1S/C17H24F6O5/c1-8(2)7-10(13(26)28-15(4,5)6)11(24)9(3)12(25)27-14(16(18,19)20)17(21,22)23/h8,10-11,14,24H,3,7H2,1-2,4-6H3/t10-,11-/m1/s1.